The summed E-state index contributed by atoms with van der Waals surface area (Å²) in [6.45, 7) is 17.8. The third kappa shape index (κ3) is 26.7. The number of hydrogen-bond donors (Lipinski definition) is 4. The minimum Gasteiger partial charge on any atom is -0.385 e. The smallest absolute Gasteiger partial charge is 0.245 e. The molecule has 0 bridgehead atoms. The molecule has 0 spiro atoms. The van der Waals surface area contributed by atoms with Gasteiger partial charge in [0, 0.05) is 103 Å². The Bertz CT molecular complexity index is 2410. The van der Waals surface area contributed by atoms with Gasteiger partial charge in [0.1, 0.15) is 36.3 Å². The summed E-state index contributed by atoms with van der Waals surface area (Å²) in [6.07, 6.45) is 7.57. The summed E-state index contributed by atoms with van der Waals surface area (Å²) in [6, 6.07) is -7.40. The summed E-state index contributed by atoms with van der Waals surface area (Å²) in [5, 5.41) is 7.91. The monoisotopic (exact) mass is 1230 g/mol. The SMILES string of the molecule is C=C(C)/C=C\C(=C)C[C@@H](C(=O)N(C)CC(=O)NCC(=O)N[C@@H](CCCC)C(=O)N(C)[C@@H](COC)C(=O)N[C@@H](CC(C)C)C(=O)N(C)[C@@H](CC(=O)N(C)[C@@H](CCOC)C(N)=O)C(=O)N1CCCCC1)N(C)C(=O)CN(C)C(=O)CN(C)C(=O)C[C@@H](C)CC. The molecule has 7 atom stereocenters. The molecule has 492 valence electrons. The van der Waals surface area contributed by atoms with E-state index in [-0.39, 0.29) is 69.6 Å². The first-order chi connectivity index (χ1) is 40.8. The van der Waals surface area contributed by atoms with E-state index >= 15 is 0 Å². The number of carbonyl (C=O) groups excluding carboxylic acids is 12. The number of hydrogen-bond acceptors (Lipinski definition) is 14. The van der Waals surface area contributed by atoms with Gasteiger partial charge in [-0.3, -0.25) is 57.5 Å². The zero-order valence-electron chi connectivity index (χ0n) is 54.7. The van der Waals surface area contributed by atoms with Crippen LogP contribution >= 0.6 is 0 Å². The Hall–Kier alpha value is -7.22. The normalized spacial score (nSPS) is 14.6. The van der Waals surface area contributed by atoms with E-state index in [1.807, 2.05) is 34.6 Å². The molecule has 0 radical (unpaired) electrons. The van der Waals surface area contributed by atoms with Crippen LogP contribution in [0.25, 0.3) is 0 Å². The summed E-state index contributed by atoms with van der Waals surface area (Å²) >= 11 is 0. The predicted molar refractivity (Wildman–Crippen MR) is 329 cm³/mol. The minimum atomic E-state index is -1.35. The Morgan fingerprint density at radius 1 is 0.598 bits per heavy atom. The van der Waals surface area contributed by atoms with Gasteiger partial charge in [-0.05, 0) is 50.9 Å². The zero-order valence-corrected chi connectivity index (χ0v) is 54.7. The lowest BCUT2D eigenvalue weighted by atomic mass is 9.99. The molecule has 0 aliphatic carbocycles. The first kappa shape index (κ1) is 77.8. The second-order valence-electron chi connectivity index (χ2n) is 23.4. The lowest BCUT2D eigenvalue weighted by molar-refractivity contribution is -0.151. The number of allylic oxidation sites excluding steroid dienone is 3. The van der Waals surface area contributed by atoms with Gasteiger partial charge in [0.2, 0.25) is 70.9 Å². The number of rotatable bonds is 39. The van der Waals surface area contributed by atoms with Crippen LogP contribution in [-0.2, 0) is 67.0 Å². The number of nitrogens with one attached hydrogen (secondary N) is 3. The molecule has 1 heterocycles. The van der Waals surface area contributed by atoms with E-state index in [1.165, 1.54) is 68.5 Å². The van der Waals surface area contributed by atoms with Crippen molar-refractivity contribution in [2.24, 2.45) is 17.6 Å². The number of nitrogens with two attached hydrogens (primary N) is 1. The number of primary amides is 1. The van der Waals surface area contributed by atoms with Crippen molar-refractivity contribution in [2.45, 2.75) is 155 Å². The first-order valence-electron chi connectivity index (χ1n) is 30.0. The number of ether oxygens (including phenoxy) is 2. The fraction of sp³-hybridized carbons (Fsp3) is 0.705. The van der Waals surface area contributed by atoms with Crippen molar-refractivity contribution in [3.63, 3.8) is 0 Å². The number of amides is 12. The molecule has 0 aromatic heterocycles. The standard InChI is InChI=1S/C61H104N12O14/c1-18-20-24-44(64-50(74)35-63-51(75)36-68(11)60(84)47(32-43(8)26-25-40(3)4)70(13)55(79)38-67(10)54(78)37-66(9)52(76)33-42(7)19-2)58(82)72(15)49(39-87-17)57(81)65-45(31-41(5)6)59(83)71(14)48(61(85)73-28-22-21-23-29-73)34-53(77)69(12)46(56(62)80)27-30-86-16/h25-26,41-42,44-49H,3,8,18-24,27-39H2,1-2,4-7,9-17H3,(H2,62,80)(H,63,75)(H,64,74)(H,65,81)/b26-25-/t42-,44-,45-,46-,47-,48-,49-/m0/s1. The van der Waals surface area contributed by atoms with Crippen molar-refractivity contribution in [3.8, 4) is 0 Å². The highest BCUT2D eigenvalue weighted by atomic mass is 16.5. The largest absolute Gasteiger partial charge is 0.385 e. The quantitative estimate of drug-likeness (QED) is 0.0627. The molecular formula is C61H104N12O14. The molecule has 1 rings (SSSR count). The lowest BCUT2D eigenvalue weighted by Crippen LogP contribution is -2.60. The molecule has 1 aliphatic rings. The molecular weight excluding hydrogens is 1120 g/mol. The van der Waals surface area contributed by atoms with Crippen LogP contribution in [0.15, 0.2) is 36.5 Å². The Morgan fingerprint density at radius 3 is 1.72 bits per heavy atom. The van der Waals surface area contributed by atoms with Gasteiger partial charge in [0.25, 0.3) is 0 Å². The molecule has 0 aromatic rings. The van der Waals surface area contributed by atoms with E-state index in [2.05, 4.69) is 29.1 Å². The van der Waals surface area contributed by atoms with Crippen LogP contribution in [0.3, 0.4) is 0 Å². The first-order valence-corrected chi connectivity index (χ1v) is 30.0. The van der Waals surface area contributed by atoms with E-state index in [9.17, 15) is 57.5 Å². The lowest BCUT2D eigenvalue weighted by Gasteiger charge is -2.37. The van der Waals surface area contributed by atoms with Gasteiger partial charge in [-0.25, -0.2) is 0 Å². The number of likely N-dealkylation sites (tertiary alicyclic amines) is 1. The van der Waals surface area contributed by atoms with Gasteiger partial charge < -0.3 is 70.4 Å². The fourth-order valence-electron chi connectivity index (χ4n) is 9.48. The molecule has 0 unspecified atom stereocenters. The highest BCUT2D eigenvalue weighted by molar-refractivity contribution is 5.98. The molecule has 1 aliphatic heterocycles. The van der Waals surface area contributed by atoms with Crippen LogP contribution < -0.4 is 21.7 Å². The fourth-order valence-corrected chi connectivity index (χ4v) is 9.48. The summed E-state index contributed by atoms with van der Waals surface area (Å²) in [4.78, 5) is 174. The van der Waals surface area contributed by atoms with Crippen molar-refractivity contribution in [2.75, 3.05) is 116 Å². The average molecular weight is 1230 g/mol. The summed E-state index contributed by atoms with van der Waals surface area (Å²) < 4.78 is 10.5. The number of unbranched alkanes of at least 4 members (excludes halogenated alkanes) is 1. The Balaban J connectivity index is 3.35. The van der Waals surface area contributed by atoms with E-state index < -0.39 is 127 Å². The van der Waals surface area contributed by atoms with Crippen LogP contribution in [0.5, 0.6) is 0 Å². The van der Waals surface area contributed by atoms with Gasteiger partial charge in [-0.1, -0.05) is 90.3 Å². The zero-order chi connectivity index (χ0) is 66.4. The topological polar surface area (TPSA) is 311 Å². The summed E-state index contributed by atoms with van der Waals surface area (Å²) in [7, 11) is 12.5. The van der Waals surface area contributed by atoms with Gasteiger partial charge in [0.15, 0.2) is 0 Å². The molecule has 87 heavy (non-hydrogen) atoms. The molecule has 26 heteroatoms. The van der Waals surface area contributed by atoms with E-state index in [0.29, 0.717) is 37.1 Å². The molecule has 26 nitrogen and oxygen atoms in total. The van der Waals surface area contributed by atoms with Gasteiger partial charge in [-0.15, -0.1) is 0 Å². The van der Waals surface area contributed by atoms with E-state index in [1.54, 1.807) is 24.0 Å². The minimum absolute atomic E-state index is 0.0617. The third-order valence-corrected chi connectivity index (χ3v) is 15.4. The van der Waals surface area contributed by atoms with Crippen LogP contribution in [0, 0.1) is 11.8 Å². The molecule has 0 aromatic carbocycles. The third-order valence-electron chi connectivity index (χ3n) is 15.4. The number of carbonyl (C=O) groups is 12. The van der Waals surface area contributed by atoms with E-state index in [0.717, 1.165) is 55.1 Å². The van der Waals surface area contributed by atoms with Crippen molar-refractivity contribution in [3.05, 3.63) is 36.5 Å². The Kier molecular flexibility index (Phi) is 35.4. The van der Waals surface area contributed by atoms with Gasteiger partial charge >= 0.3 is 0 Å². The average Bonchev–Trinajstić information content (AvgIpc) is 2.30. The Morgan fingerprint density at radius 2 is 1.17 bits per heavy atom. The van der Waals surface area contributed by atoms with Crippen molar-refractivity contribution >= 4 is 70.9 Å². The highest BCUT2D eigenvalue weighted by Gasteiger charge is 2.40. The number of piperidine rings is 1. The maximum absolute atomic E-state index is 14.7. The van der Waals surface area contributed by atoms with Crippen LogP contribution in [0.1, 0.15) is 119 Å². The second kappa shape index (κ2) is 39.5. The predicted octanol–water partition coefficient (Wildman–Crippen LogP) is 1.08. The number of nitrogens with zero attached hydrogens (tertiary/aromatic N) is 8. The summed E-state index contributed by atoms with van der Waals surface area (Å²) in [5.74, 6) is -7.61. The van der Waals surface area contributed by atoms with Crippen molar-refractivity contribution < 1.29 is 67.0 Å². The van der Waals surface area contributed by atoms with E-state index in [4.69, 9.17) is 15.2 Å². The summed E-state index contributed by atoms with van der Waals surface area (Å²) in [5.41, 5.74) is 6.81. The van der Waals surface area contributed by atoms with Crippen molar-refractivity contribution in [1.82, 2.24) is 55.1 Å². The van der Waals surface area contributed by atoms with Crippen LogP contribution in [0.4, 0.5) is 0 Å². The van der Waals surface area contributed by atoms with Gasteiger partial charge in [0.05, 0.1) is 39.2 Å². The molecule has 5 N–H and O–H groups in total. The molecule has 0 saturated carbocycles. The molecule has 12 amide bonds. The maximum Gasteiger partial charge on any atom is 0.245 e. The molecule has 1 fully saturated rings. The van der Waals surface area contributed by atoms with Gasteiger partial charge in [-0.2, -0.15) is 0 Å². The number of likely N-dealkylation sites (N-methyl/N-ethyl adjacent to an activating group) is 7. The molecule has 1 saturated heterocycles. The highest BCUT2D eigenvalue weighted by Crippen LogP contribution is 2.20. The van der Waals surface area contributed by atoms with Crippen molar-refractivity contribution in [1.29, 1.82) is 0 Å². The second-order valence-corrected chi connectivity index (χ2v) is 23.4. The maximum atomic E-state index is 14.7. The Labute approximate surface area is 516 Å². The van der Waals surface area contributed by atoms with Crippen LogP contribution in [-0.4, -0.2) is 262 Å². The van der Waals surface area contributed by atoms with Crippen LogP contribution in [0.2, 0.25) is 0 Å². The number of methoxy groups -OCH3 is 2.